The van der Waals surface area contributed by atoms with Gasteiger partial charge in [0.25, 0.3) is 5.91 Å². The Kier molecular flexibility index (Phi) is 17.4. The molecule has 1 aromatic carbocycles. The minimum atomic E-state index is -1.64. The molecule has 3 rings (SSSR count). The van der Waals surface area contributed by atoms with Gasteiger partial charge in [0.15, 0.2) is 5.79 Å². The standard InChI is InChI=1S/C25H37ClN4O4.C6H12O.C2H6/c1-6-7-19(24(31)28-15-20(26)17(4)27)23(16(2)3)29-18-8-9-22(34-5)21(14-18)30-12-10-25(32,33)11-13-30;7-6-4-2-1-3-5-6;1-2/h8-9,14-16,29,32-33H,4,6-7,10-13,27H2,1-3,5H3,(H,28,31);6-7H,1-5H2;1-2H3/b20-15-,23-19-;;. The van der Waals surface area contributed by atoms with Crippen molar-refractivity contribution < 1.29 is 24.9 Å². The summed E-state index contributed by atoms with van der Waals surface area (Å²) in [5.74, 6) is -1.16. The fourth-order valence-corrected chi connectivity index (χ4v) is 4.91. The van der Waals surface area contributed by atoms with E-state index in [0.29, 0.717) is 30.8 Å². The van der Waals surface area contributed by atoms with Crippen molar-refractivity contribution in [2.75, 3.05) is 30.4 Å². The van der Waals surface area contributed by atoms with Crippen molar-refractivity contribution >= 4 is 28.9 Å². The van der Waals surface area contributed by atoms with Crippen LogP contribution in [0.25, 0.3) is 0 Å². The third-order valence-electron chi connectivity index (χ3n) is 7.25. The maximum absolute atomic E-state index is 13.0. The minimum absolute atomic E-state index is 0.0359. The lowest BCUT2D eigenvalue weighted by molar-refractivity contribution is -0.172. The van der Waals surface area contributed by atoms with Gasteiger partial charge in [-0.1, -0.05) is 78.5 Å². The van der Waals surface area contributed by atoms with Crippen LogP contribution in [-0.4, -0.2) is 53.3 Å². The van der Waals surface area contributed by atoms with Crippen LogP contribution >= 0.6 is 11.6 Å². The highest BCUT2D eigenvalue weighted by molar-refractivity contribution is 6.31. The van der Waals surface area contributed by atoms with Gasteiger partial charge in [0.1, 0.15) is 5.75 Å². The summed E-state index contributed by atoms with van der Waals surface area (Å²) >= 11 is 5.99. The van der Waals surface area contributed by atoms with E-state index in [4.69, 9.17) is 27.2 Å². The van der Waals surface area contributed by atoms with E-state index < -0.39 is 5.79 Å². The van der Waals surface area contributed by atoms with Crippen LogP contribution in [0.3, 0.4) is 0 Å². The van der Waals surface area contributed by atoms with Crippen molar-refractivity contribution in [3.05, 3.63) is 53.0 Å². The molecule has 0 radical (unpaired) electrons. The number of hydrogen-bond acceptors (Lipinski definition) is 8. The van der Waals surface area contributed by atoms with Gasteiger partial charge in [0, 0.05) is 54.8 Å². The van der Waals surface area contributed by atoms with Gasteiger partial charge in [-0.15, -0.1) is 0 Å². The normalized spacial score (nSPS) is 17.5. The number of aliphatic hydroxyl groups excluding tert-OH is 1. The Morgan fingerprint density at radius 2 is 1.81 bits per heavy atom. The molecule has 1 aromatic rings. The molecule has 1 aliphatic carbocycles. The summed E-state index contributed by atoms with van der Waals surface area (Å²) in [6.07, 6.45) is 9.13. The van der Waals surface area contributed by atoms with Crippen LogP contribution in [-0.2, 0) is 4.79 Å². The average Bonchev–Trinajstić information content (AvgIpc) is 2.99. The number of anilines is 2. The summed E-state index contributed by atoms with van der Waals surface area (Å²) in [6, 6.07) is 5.72. The Balaban J connectivity index is 0.000000883. The number of rotatable bonds is 10. The molecule has 244 valence electrons. The van der Waals surface area contributed by atoms with E-state index in [9.17, 15) is 15.0 Å². The van der Waals surface area contributed by atoms with E-state index in [1.807, 2.05) is 52.8 Å². The predicted octanol–water partition coefficient (Wildman–Crippen LogP) is 6.10. The van der Waals surface area contributed by atoms with E-state index >= 15 is 0 Å². The molecule has 2 aliphatic rings. The molecule has 1 saturated carbocycles. The maximum Gasteiger partial charge on any atom is 0.252 e. The van der Waals surface area contributed by atoms with Crippen LogP contribution in [0.4, 0.5) is 11.4 Å². The molecule has 0 spiro atoms. The van der Waals surface area contributed by atoms with Gasteiger partial charge in [0.05, 0.1) is 23.9 Å². The molecular formula is C33H55ClN4O5. The van der Waals surface area contributed by atoms with Gasteiger partial charge in [-0.05, 0) is 43.4 Å². The molecule has 9 nitrogen and oxygen atoms in total. The monoisotopic (exact) mass is 622 g/mol. The first-order valence-corrected chi connectivity index (χ1v) is 15.9. The largest absolute Gasteiger partial charge is 0.495 e. The molecule has 0 aromatic heterocycles. The Labute approximate surface area is 263 Å². The van der Waals surface area contributed by atoms with Crippen LogP contribution in [0.2, 0.25) is 0 Å². The molecule has 2 fully saturated rings. The van der Waals surface area contributed by atoms with Crippen LogP contribution in [0.1, 0.15) is 92.4 Å². The van der Waals surface area contributed by atoms with Gasteiger partial charge >= 0.3 is 0 Å². The summed E-state index contributed by atoms with van der Waals surface area (Å²) in [7, 11) is 1.61. The smallest absolute Gasteiger partial charge is 0.252 e. The fourth-order valence-electron chi connectivity index (χ4n) is 4.85. The number of aliphatic hydroxyl groups is 3. The topological polar surface area (TPSA) is 140 Å². The second kappa shape index (κ2) is 19.5. The first kappa shape index (κ1) is 38.3. The van der Waals surface area contributed by atoms with E-state index in [0.717, 1.165) is 36.3 Å². The number of nitrogens with one attached hydrogen (secondary N) is 2. The number of benzene rings is 1. The van der Waals surface area contributed by atoms with E-state index in [2.05, 4.69) is 22.1 Å². The summed E-state index contributed by atoms with van der Waals surface area (Å²) < 4.78 is 5.55. The highest BCUT2D eigenvalue weighted by Crippen LogP contribution is 2.35. The second-order valence-electron chi connectivity index (χ2n) is 11.1. The van der Waals surface area contributed by atoms with Crippen LogP contribution in [0, 0.1) is 5.92 Å². The number of nitrogens with two attached hydrogens (primary N) is 1. The molecule has 10 heteroatoms. The third-order valence-corrected chi connectivity index (χ3v) is 7.60. The first-order chi connectivity index (χ1) is 20.4. The number of carbonyl (C=O) groups is 1. The van der Waals surface area contributed by atoms with Crippen LogP contribution < -0.4 is 26.0 Å². The van der Waals surface area contributed by atoms with Crippen molar-refractivity contribution in [3.8, 4) is 5.75 Å². The number of carbonyl (C=O) groups excluding carboxylic acids is 1. The molecule has 1 amide bonds. The van der Waals surface area contributed by atoms with Crippen LogP contribution in [0.15, 0.2) is 53.0 Å². The lowest BCUT2D eigenvalue weighted by Gasteiger charge is -2.36. The first-order valence-electron chi connectivity index (χ1n) is 15.6. The molecule has 0 unspecified atom stereocenters. The number of ether oxygens (including phenoxy) is 1. The van der Waals surface area contributed by atoms with Crippen LogP contribution in [0.5, 0.6) is 5.75 Å². The van der Waals surface area contributed by atoms with Crippen molar-refractivity contribution in [1.29, 1.82) is 0 Å². The molecule has 1 heterocycles. The summed E-state index contributed by atoms with van der Waals surface area (Å²) in [6.45, 7) is 14.6. The molecular weight excluding hydrogens is 568 g/mol. The Morgan fingerprint density at radius 3 is 2.28 bits per heavy atom. The number of allylic oxidation sites excluding steroid dienone is 2. The summed E-state index contributed by atoms with van der Waals surface area (Å²) in [4.78, 5) is 15.1. The summed E-state index contributed by atoms with van der Waals surface area (Å²) in [5, 5.41) is 35.0. The summed E-state index contributed by atoms with van der Waals surface area (Å²) in [5.41, 5.74) is 8.82. The second-order valence-corrected chi connectivity index (χ2v) is 11.5. The molecule has 43 heavy (non-hydrogen) atoms. The highest BCUT2D eigenvalue weighted by Gasteiger charge is 2.30. The molecule has 7 N–H and O–H groups in total. The molecule has 0 bridgehead atoms. The SMILES string of the molecule is C=C(N)/C(Cl)=C/NC(=O)/C(CCC)=C(\Nc1ccc(OC)c(N2CCC(O)(O)CC2)c1)C(C)C.CC.OC1CCCCC1. The third kappa shape index (κ3) is 13.2. The van der Waals surface area contributed by atoms with Gasteiger partial charge < -0.3 is 41.3 Å². The molecule has 0 atom stereocenters. The maximum atomic E-state index is 13.0. The Hall–Kier alpha value is -2.72. The zero-order valence-corrected chi connectivity index (χ0v) is 27.8. The van der Waals surface area contributed by atoms with Gasteiger partial charge in [-0.2, -0.15) is 0 Å². The number of methoxy groups -OCH3 is 1. The zero-order chi connectivity index (χ0) is 32.6. The van der Waals surface area contributed by atoms with E-state index in [-0.39, 0.29) is 41.5 Å². The quantitative estimate of drug-likeness (QED) is 0.104. The number of nitrogens with zero attached hydrogens (tertiary/aromatic N) is 1. The van der Waals surface area contributed by atoms with Crippen molar-refractivity contribution in [2.24, 2.45) is 11.7 Å². The number of piperidine rings is 1. The number of hydrogen-bond donors (Lipinski definition) is 6. The predicted molar refractivity (Wildman–Crippen MR) is 178 cm³/mol. The van der Waals surface area contributed by atoms with E-state index in [1.54, 1.807) is 7.11 Å². The van der Waals surface area contributed by atoms with Crippen molar-refractivity contribution in [3.63, 3.8) is 0 Å². The molecule has 1 saturated heterocycles. The van der Waals surface area contributed by atoms with Crippen molar-refractivity contribution in [2.45, 2.75) is 104 Å². The van der Waals surface area contributed by atoms with Gasteiger partial charge in [-0.3, -0.25) is 4.79 Å². The fraction of sp³-hybridized carbons (Fsp3) is 0.606. The number of amides is 1. The van der Waals surface area contributed by atoms with Gasteiger partial charge in [0.2, 0.25) is 0 Å². The lowest BCUT2D eigenvalue weighted by atomic mass is 9.98. The van der Waals surface area contributed by atoms with Crippen molar-refractivity contribution in [1.82, 2.24) is 5.32 Å². The number of halogens is 1. The average molecular weight is 623 g/mol. The Morgan fingerprint density at radius 1 is 1.21 bits per heavy atom. The minimum Gasteiger partial charge on any atom is -0.495 e. The van der Waals surface area contributed by atoms with Gasteiger partial charge in [-0.25, -0.2) is 0 Å². The molecule has 1 aliphatic heterocycles. The zero-order valence-electron chi connectivity index (χ0n) is 27.0. The Bertz CT molecular complexity index is 1070. The van der Waals surface area contributed by atoms with E-state index in [1.165, 1.54) is 25.5 Å². The highest BCUT2D eigenvalue weighted by atomic mass is 35.5. The lowest BCUT2D eigenvalue weighted by Crippen LogP contribution is -2.44.